The smallest absolute Gasteiger partial charge is 0.193 e. The highest BCUT2D eigenvalue weighted by atomic mass is 127. The second-order valence-electron chi connectivity index (χ2n) is 6.99. The molecule has 0 aromatic heterocycles. The molecule has 1 aromatic carbocycles. The summed E-state index contributed by atoms with van der Waals surface area (Å²) in [4.78, 5) is 7.23. The van der Waals surface area contributed by atoms with Gasteiger partial charge in [0.1, 0.15) is 5.82 Å². The highest BCUT2D eigenvalue weighted by molar-refractivity contribution is 14.0. The molecule has 0 atom stereocenters. The van der Waals surface area contributed by atoms with Gasteiger partial charge in [0.25, 0.3) is 0 Å². The average molecular weight is 445 g/mol. The number of benzene rings is 1. The number of rotatable bonds is 5. The lowest BCUT2D eigenvalue weighted by Gasteiger charge is -2.38. The Labute approximate surface area is 162 Å². The van der Waals surface area contributed by atoms with Gasteiger partial charge in [-0.05, 0) is 62.1 Å². The van der Waals surface area contributed by atoms with Gasteiger partial charge < -0.3 is 10.2 Å². The van der Waals surface area contributed by atoms with Crippen LogP contribution in [0.25, 0.3) is 0 Å². The number of guanidine groups is 1. The first-order valence-electron chi connectivity index (χ1n) is 8.98. The molecule has 0 unspecified atom stereocenters. The molecular formula is C19H29FIN3. The third kappa shape index (κ3) is 4.83. The van der Waals surface area contributed by atoms with Crippen LogP contribution >= 0.6 is 24.0 Å². The first kappa shape index (κ1) is 19.5. The van der Waals surface area contributed by atoms with Crippen molar-refractivity contribution in [3.63, 3.8) is 0 Å². The molecule has 0 radical (unpaired) electrons. The highest BCUT2D eigenvalue weighted by Crippen LogP contribution is 2.47. The Balaban J connectivity index is 0.00000208. The van der Waals surface area contributed by atoms with Gasteiger partial charge in [0.05, 0.1) is 0 Å². The van der Waals surface area contributed by atoms with Crippen molar-refractivity contribution in [1.82, 2.24) is 10.2 Å². The lowest BCUT2D eigenvalue weighted by atomic mass is 9.68. The van der Waals surface area contributed by atoms with E-state index in [4.69, 9.17) is 4.99 Å². The zero-order valence-electron chi connectivity index (χ0n) is 14.6. The molecule has 1 saturated heterocycles. The lowest BCUT2D eigenvalue weighted by molar-refractivity contribution is 0.151. The van der Waals surface area contributed by atoms with Crippen LogP contribution in [0.5, 0.6) is 0 Å². The summed E-state index contributed by atoms with van der Waals surface area (Å²) in [6.45, 7) is 6.13. The Morgan fingerprint density at radius 3 is 2.79 bits per heavy atom. The predicted molar refractivity (Wildman–Crippen MR) is 109 cm³/mol. The molecule has 3 nitrogen and oxygen atoms in total. The molecule has 1 saturated carbocycles. The van der Waals surface area contributed by atoms with Gasteiger partial charge in [0, 0.05) is 26.2 Å². The minimum Gasteiger partial charge on any atom is -0.357 e. The minimum absolute atomic E-state index is 0. The standard InChI is InChI=1S/C19H28FN3.HI/c1-2-21-18(23-13-11-19(15-23)9-5-10-19)22-12-4-7-16-6-3-8-17(20)14-16;/h3,6,8,14H,2,4-5,7,9-13,15H2,1H3,(H,21,22);1H. The van der Waals surface area contributed by atoms with E-state index in [1.165, 1.54) is 38.3 Å². The Morgan fingerprint density at radius 2 is 2.17 bits per heavy atom. The van der Waals surface area contributed by atoms with Crippen LogP contribution in [0.15, 0.2) is 29.3 Å². The van der Waals surface area contributed by atoms with Crippen LogP contribution in [0.3, 0.4) is 0 Å². The quantitative estimate of drug-likeness (QED) is 0.318. The number of halogens is 2. The fourth-order valence-corrected chi connectivity index (χ4v) is 3.79. The van der Waals surface area contributed by atoms with Gasteiger partial charge in [0.15, 0.2) is 5.96 Å². The molecule has 1 aliphatic carbocycles. The van der Waals surface area contributed by atoms with Gasteiger partial charge in [-0.2, -0.15) is 0 Å². The summed E-state index contributed by atoms with van der Waals surface area (Å²) in [5.74, 6) is 0.915. The third-order valence-electron chi connectivity index (χ3n) is 5.26. The van der Waals surface area contributed by atoms with E-state index in [0.717, 1.165) is 44.0 Å². The first-order chi connectivity index (χ1) is 11.2. The monoisotopic (exact) mass is 445 g/mol. The third-order valence-corrected chi connectivity index (χ3v) is 5.26. The van der Waals surface area contributed by atoms with Crippen LogP contribution < -0.4 is 5.32 Å². The Kier molecular flexibility index (Phi) is 7.32. The fraction of sp³-hybridized carbons (Fsp3) is 0.632. The molecular weight excluding hydrogens is 416 g/mol. The number of likely N-dealkylation sites (tertiary alicyclic amines) is 1. The number of nitrogens with zero attached hydrogens (tertiary/aromatic N) is 2. The van der Waals surface area contributed by atoms with Crippen molar-refractivity contribution in [1.29, 1.82) is 0 Å². The second-order valence-corrected chi connectivity index (χ2v) is 6.99. The topological polar surface area (TPSA) is 27.6 Å². The van der Waals surface area contributed by atoms with E-state index in [9.17, 15) is 4.39 Å². The molecule has 1 spiro atoms. The molecule has 3 rings (SSSR count). The van der Waals surface area contributed by atoms with Gasteiger partial charge in [-0.15, -0.1) is 24.0 Å². The Hall–Kier alpha value is -0.850. The maximum atomic E-state index is 13.2. The van der Waals surface area contributed by atoms with E-state index in [1.54, 1.807) is 12.1 Å². The fourth-order valence-electron chi connectivity index (χ4n) is 3.79. The van der Waals surface area contributed by atoms with Gasteiger partial charge in [0.2, 0.25) is 0 Å². The molecule has 2 aliphatic rings. The van der Waals surface area contributed by atoms with E-state index < -0.39 is 0 Å². The molecule has 1 N–H and O–H groups in total. The van der Waals surface area contributed by atoms with Crippen molar-refractivity contribution in [2.75, 3.05) is 26.2 Å². The lowest BCUT2D eigenvalue weighted by Crippen LogP contribution is -2.42. The maximum Gasteiger partial charge on any atom is 0.193 e. The molecule has 1 heterocycles. The Bertz CT molecular complexity index is 557. The molecule has 0 bridgehead atoms. The number of nitrogens with one attached hydrogen (secondary N) is 1. The van der Waals surface area contributed by atoms with Crippen molar-refractivity contribution < 1.29 is 4.39 Å². The summed E-state index contributed by atoms with van der Waals surface area (Å²) in [5.41, 5.74) is 1.65. The highest BCUT2D eigenvalue weighted by Gasteiger charge is 2.43. The normalized spacial score (nSPS) is 19.1. The number of aliphatic imine (C=N–C) groups is 1. The van der Waals surface area contributed by atoms with Gasteiger partial charge in [-0.3, -0.25) is 4.99 Å². The van der Waals surface area contributed by atoms with Crippen LogP contribution in [0, 0.1) is 11.2 Å². The molecule has 2 fully saturated rings. The van der Waals surface area contributed by atoms with E-state index in [1.807, 2.05) is 6.07 Å². The van der Waals surface area contributed by atoms with Crippen LogP contribution in [0.1, 0.15) is 44.6 Å². The first-order valence-corrected chi connectivity index (χ1v) is 8.98. The maximum absolute atomic E-state index is 13.2. The van der Waals surface area contributed by atoms with E-state index in [-0.39, 0.29) is 29.8 Å². The van der Waals surface area contributed by atoms with Crippen molar-refractivity contribution in [3.8, 4) is 0 Å². The molecule has 1 aromatic rings. The molecule has 5 heteroatoms. The average Bonchev–Trinajstić information content (AvgIpc) is 2.96. The second kappa shape index (κ2) is 9.02. The van der Waals surface area contributed by atoms with Gasteiger partial charge in [-0.1, -0.05) is 18.6 Å². The molecule has 1 aliphatic heterocycles. The SMILES string of the molecule is CCNC(=NCCCc1cccc(F)c1)N1CCC2(CCC2)C1.I. The molecule has 24 heavy (non-hydrogen) atoms. The van der Waals surface area contributed by atoms with Crippen LogP contribution in [-0.2, 0) is 6.42 Å². The number of hydrogen-bond donors (Lipinski definition) is 1. The molecule has 134 valence electrons. The largest absolute Gasteiger partial charge is 0.357 e. The zero-order valence-corrected chi connectivity index (χ0v) is 16.9. The van der Waals surface area contributed by atoms with Gasteiger partial charge in [-0.25, -0.2) is 4.39 Å². The molecule has 0 amide bonds. The van der Waals surface area contributed by atoms with E-state index >= 15 is 0 Å². The summed E-state index contributed by atoms with van der Waals surface area (Å²) < 4.78 is 13.2. The zero-order chi connectivity index (χ0) is 16.1. The van der Waals surface area contributed by atoms with Crippen LogP contribution in [0.2, 0.25) is 0 Å². The van der Waals surface area contributed by atoms with Crippen molar-refractivity contribution in [2.45, 2.75) is 45.4 Å². The predicted octanol–water partition coefficient (Wildman–Crippen LogP) is 4.22. The van der Waals surface area contributed by atoms with Gasteiger partial charge >= 0.3 is 0 Å². The number of aryl methyl sites for hydroxylation is 1. The summed E-state index contributed by atoms with van der Waals surface area (Å²) in [7, 11) is 0. The summed E-state index contributed by atoms with van der Waals surface area (Å²) >= 11 is 0. The van der Waals surface area contributed by atoms with Crippen molar-refractivity contribution in [2.24, 2.45) is 10.4 Å². The van der Waals surface area contributed by atoms with Crippen molar-refractivity contribution in [3.05, 3.63) is 35.6 Å². The van der Waals surface area contributed by atoms with E-state index in [2.05, 4.69) is 17.1 Å². The van der Waals surface area contributed by atoms with Crippen LogP contribution in [-0.4, -0.2) is 37.0 Å². The summed E-state index contributed by atoms with van der Waals surface area (Å²) in [5, 5.41) is 3.43. The number of hydrogen-bond acceptors (Lipinski definition) is 1. The van der Waals surface area contributed by atoms with E-state index in [0.29, 0.717) is 5.41 Å². The Morgan fingerprint density at radius 1 is 1.33 bits per heavy atom. The summed E-state index contributed by atoms with van der Waals surface area (Å²) in [6, 6.07) is 6.88. The minimum atomic E-state index is -0.151. The van der Waals surface area contributed by atoms with Crippen LogP contribution in [0.4, 0.5) is 4.39 Å². The van der Waals surface area contributed by atoms with Crippen molar-refractivity contribution >= 4 is 29.9 Å². The summed E-state index contributed by atoms with van der Waals surface area (Å²) in [6.07, 6.45) is 7.34.